The molecule has 1 aromatic rings. The summed E-state index contributed by atoms with van der Waals surface area (Å²) in [6, 6.07) is 8.50. The number of nitrogens with one attached hydrogen (secondary N) is 1. The molecule has 1 aliphatic heterocycles. The number of likely N-dealkylation sites (N-methyl/N-ethyl adjacent to an activating group) is 1. The lowest BCUT2D eigenvalue weighted by atomic mass is 10.2. The average molecular weight is 296 g/mol. The minimum atomic E-state index is -2.79. The fourth-order valence-electron chi connectivity index (χ4n) is 2.73. The van der Waals surface area contributed by atoms with Crippen LogP contribution in [0.1, 0.15) is 18.9 Å². The molecule has 2 rings (SSSR count). The van der Waals surface area contributed by atoms with Gasteiger partial charge in [0.15, 0.2) is 9.84 Å². The summed E-state index contributed by atoms with van der Waals surface area (Å²) in [6.45, 7) is 6.94. The molecule has 1 heterocycles. The lowest BCUT2D eigenvalue weighted by Crippen LogP contribution is -2.38. The summed E-state index contributed by atoms with van der Waals surface area (Å²) in [7, 11) is -2.79. The van der Waals surface area contributed by atoms with Crippen LogP contribution in [-0.4, -0.2) is 45.6 Å². The summed E-state index contributed by atoms with van der Waals surface area (Å²) in [4.78, 5) is 2.33. The first-order valence-corrected chi connectivity index (χ1v) is 9.08. The lowest BCUT2D eigenvalue weighted by molar-refractivity contribution is 0.553. The molecule has 1 aromatic carbocycles. The number of sulfone groups is 1. The second-order valence-corrected chi connectivity index (χ2v) is 7.65. The molecule has 0 aromatic heterocycles. The highest BCUT2D eigenvalue weighted by Crippen LogP contribution is 2.18. The molecule has 0 amide bonds. The predicted octanol–water partition coefficient (Wildman–Crippen LogP) is 1.60. The zero-order valence-electron chi connectivity index (χ0n) is 12.3. The van der Waals surface area contributed by atoms with E-state index in [2.05, 4.69) is 42.3 Å². The van der Waals surface area contributed by atoms with E-state index in [4.69, 9.17) is 0 Å². The summed E-state index contributed by atoms with van der Waals surface area (Å²) < 4.78 is 22.8. The van der Waals surface area contributed by atoms with Gasteiger partial charge in [-0.1, -0.05) is 18.2 Å². The number of hydrogen-bond donors (Lipinski definition) is 1. The van der Waals surface area contributed by atoms with Crippen LogP contribution in [0.3, 0.4) is 0 Å². The second-order valence-electron chi connectivity index (χ2n) is 5.42. The third-order valence-electron chi connectivity index (χ3n) is 3.89. The van der Waals surface area contributed by atoms with Crippen molar-refractivity contribution in [2.24, 2.45) is 0 Å². The Bertz CT molecular complexity index is 543. The Morgan fingerprint density at radius 2 is 2.10 bits per heavy atom. The normalized spacial score (nSPS) is 21.0. The van der Waals surface area contributed by atoms with Crippen molar-refractivity contribution in [1.82, 2.24) is 5.32 Å². The van der Waals surface area contributed by atoms with Gasteiger partial charge in [-0.25, -0.2) is 8.42 Å². The van der Waals surface area contributed by atoms with E-state index in [0.29, 0.717) is 11.5 Å². The quantitative estimate of drug-likeness (QED) is 0.866. The highest BCUT2D eigenvalue weighted by atomic mass is 32.2. The van der Waals surface area contributed by atoms with E-state index >= 15 is 0 Å². The van der Waals surface area contributed by atoms with E-state index in [0.717, 1.165) is 26.1 Å². The van der Waals surface area contributed by atoms with Crippen LogP contribution < -0.4 is 10.2 Å². The number of hydrogen-bond acceptors (Lipinski definition) is 4. The van der Waals surface area contributed by atoms with Gasteiger partial charge < -0.3 is 10.2 Å². The molecule has 0 saturated carbocycles. The Morgan fingerprint density at radius 3 is 2.70 bits per heavy atom. The summed E-state index contributed by atoms with van der Waals surface area (Å²) in [5.74, 6) is 0.628. The predicted molar refractivity (Wildman–Crippen MR) is 84.1 cm³/mol. The van der Waals surface area contributed by atoms with E-state index in [9.17, 15) is 8.42 Å². The minimum absolute atomic E-state index is 0.135. The van der Waals surface area contributed by atoms with Crippen molar-refractivity contribution in [2.75, 3.05) is 36.0 Å². The molecule has 1 aliphatic rings. The van der Waals surface area contributed by atoms with Crippen molar-refractivity contribution in [2.45, 2.75) is 26.3 Å². The fourth-order valence-corrected chi connectivity index (χ4v) is 4.43. The maximum atomic E-state index is 11.4. The average Bonchev–Trinajstić information content (AvgIpc) is 2.75. The summed E-state index contributed by atoms with van der Waals surface area (Å²) >= 11 is 0. The monoisotopic (exact) mass is 296 g/mol. The number of anilines is 1. The van der Waals surface area contributed by atoms with Crippen molar-refractivity contribution in [3.05, 3.63) is 29.8 Å². The van der Waals surface area contributed by atoms with E-state index in [-0.39, 0.29) is 6.04 Å². The van der Waals surface area contributed by atoms with Gasteiger partial charge in [0.25, 0.3) is 0 Å². The van der Waals surface area contributed by atoms with Crippen LogP contribution in [-0.2, 0) is 9.84 Å². The topological polar surface area (TPSA) is 49.4 Å². The van der Waals surface area contributed by atoms with Crippen molar-refractivity contribution in [3.8, 4) is 0 Å². The van der Waals surface area contributed by atoms with Gasteiger partial charge in [0, 0.05) is 31.4 Å². The molecule has 0 aliphatic carbocycles. The van der Waals surface area contributed by atoms with Gasteiger partial charge in [-0.3, -0.25) is 0 Å². The molecule has 20 heavy (non-hydrogen) atoms. The molecule has 1 fully saturated rings. The molecular formula is C15H24N2O2S. The Labute approximate surface area is 122 Å². The number of rotatable bonds is 6. The summed E-state index contributed by atoms with van der Waals surface area (Å²) in [5, 5.41) is 3.37. The van der Waals surface area contributed by atoms with E-state index in [1.54, 1.807) is 0 Å². The van der Waals surface area contributed by atoms with Crippen LogP contribution in [0.5, 0.6) is 0 Å². The first-order chi connectivity index (χ1) is 9.52. The van der Waals surface area contributed by atoms with Crippen molar-refractivity contribution < 1.29 is 8.42 Å². The number of benzene rings is 1. The molecule has 1 atom stereocenters. The van der Waals surface area contributed by atoms with Crippen molar-refractivity contribution >= 4 is 15.5 Å². The SMILES string of the molecule is CCN(CCNC1CCS(=O)(=O)C1)c1ccccc1C. The van der Waals surface area contributed by atoms with Crippen LogP contribution in [0.4, 0.5) is 5.69 Å². The molecule has 1 unspecified atom stereocenters. The van der Waals surface area contributed by atoms with Crippen LogP contribution in [0.2, 0.25) is 0 Å². The number of nitrogens with zero attached hydrogens (tertiary/aromatic N) is 1. The van der Waals surface area contributed by atoms with Crippen LogP contribution >= 0.6 is 0 Å². The smallest absolute Gasteiger partial charge is 0.151 e. The Kier molecular flexibility index (Phi) is 5.05. The molecule has 1 saturated heterocycles. The third kappa shape index (κ3) is 3.96. The lowest BCUT2D eigenvalue weighted by Gasteiger charge is -2.25. The standard InChI is InChI=1S/C15H24N2O2S/c1-3-17(15-7-5-4-6-13(15)2)10-9-16-14-8-11-20(18,19)12-14/h4-7,14,16H,3,8-12H2,1-2H3. The van der Waals surface area contributed by atoms with Crippen molar-refractivity contribution in [3.63, 3.8) is 0 Å². The van der Waals surface area contributed by atoms with Gasteiger partial charge in [0.2, 0.25) is 0 Å². The maximum absolute atomic E-state index is 11.4. The first kappa shape index (κ1) is 15.3. The first-order valence-electron chi connectivity index (χ1n) is 7.26. The van der Waals surface area contributed by atoms with Gasteiger partial charge in [0.05, 0.1) is 11.5 Å². The van der Waals surface area contributed by atoms with E-state index in [1.165, 1.54) is 11.3 Å². The number of aryl methyl sites for hydroxylation is 1. The molecule has 1 N–H and O–H groups in total. The largest absolute Gasteiger partial charge is 0.370 e. The molecule has 5 heteroatoms. The Hall–Kier alpha value is -1.07. The zero-order chi connectivity index (χ0) is 14.6. The molecule has 112 valence electrons. The van der Waals surface area contributed by atoms with Gasteiger partial charge in [-0.05, 0) is 31.9 Å². The summed E-state index contributed by atoms with van der Waals surface area (Å²) in [5.41, 5.74) is 2.54. The number of para-hydroxylation sites is 1. The minimum Gasteiger partial charge on any atom is -0.370 e. The molecule has 4 nitrogen and oxygen atoms in total. The van der Waals surface area contributed by atoms with Crippen LogP contribution in [0.15, 0.2) is 24.3 Å². The maximum Gasteiger partial charge on any atom is 0.151 e. The van der Waals surface area contributed by atoms with Crippen molar-refractivity contribution in [1.29, 1.82) is 0 Å². The van der Waals surface area contributed by atoms with Gasteiger partial charge in [-0.15, -0.1) is 0 Å². The molecular weight excluding hydrogens is 272 g/mol. The third-order valence-corrected chi connectivity index (χ3v) is 5.65. The highest BCUT2D eigenvalue weighted by Gasteiger charge is 2.27. The molecule has 0 bridgehead atoms. The molecule has 0 spiro atoms. The fraction of sp³-hybridized carbons (Fsp3) is 0.600. The summed E-state index contributed by atoms with van der Waals surface area (Å²) in [6.07, 6.45) is 0.749. The zero-order valence-corrected chi connectivity index (χ0v) is 13.1. The van der Waals surface area contributed by atoms with E-state index < -0.39 is 9.84 Å². The molecule has 0 radical (unpaired) electrons. The Balaban J connectivity index is 1.85. The van der Waals surface area contributed by atoms with Gasteiger partial charge in [0.1, 0.15) is 0 Å². The second kappa shape index (κ2) is 6.59. The van der Waals surface area contributed by atoms with Crippen LogP contribution in [0, 0.1) is 6.92 Å². The van der Waals surface area contributed by atoms with Crippen LogP contribution in [0.25, 0.3) is 0 Å². The van der Waals surface area contributed by atoms with Gasteiger partial charge >= 0.3 is 0 Å². The highest BCUT2D eigenvalue weighted by molar-refractivity contribution is 7.91. The van der Waals surface area contributed by atoms with Gasteiger partial charge in [-0.2, -0.15) is 0 Å². The van der Waals surface area contributed by atoms with E-state index in [1.807, 2.05) is 6.07 Å². The Morgan fingerprint density at radius 1 is 1.35 bits per heavy atom.